The molecule has 7 nitrogen and oxygen atoms in total. The second-order valence-corrected chi connectivity index (χ2v) is 7.51. The third-order valence-corrected chi connectivity index (χ3v) is 5.53. The maximum Gasteiger partial charge on any atom is 0.271 e. The Labute approximate surface area is 169 Å². The molecule has 2 aliphatic heterocycles. The van der Waals surface area contributed by atoms with Gasteiger partial charge in [0.1, 0.15) is 5.75 Å². The number of benzene rings is 2. The highest BCUT2D eigenvalue weighted by atomic mass is 16.5. The highest BCUT2D eigenvalue weighted by Crippen LogP contribution is 2.45. The van der Waals surface area contributed by atoms with Crippen LogP contribution in [0.2, 0.25) is 0 Å². The summed E-state index contributed by atoms with van der Waals surface area (Å²) in [6.45, 7) is 3.71. The fraction of sp³-hybridized carbons (Fsp3) is 0.318. The van der Waals surface area contributed by atoms with Gasteiger partial charge in [-0.2, -0.15) is 0 Å². The number of carbonyl (C=O) groups is 3. The minimum Gasteiger partial charge on any atom is -0.497 e. The van der Waals surface area contributed by atoms with Gasteiger partial charge in [-0.05, 0) is 50.2 Å². The van der Waals surface area contributed by atoms with Crippen LogP contribution in [-0.4, -0.2) is 41.4 Å². The van der Waals surface area contributed by atoms with E-state index in [1.807, 2.05) is 13.8 Å². The van der Waals surface area contributed by atoms with E-state index in [0.717, 1.165) is 0 Å². The van der Waals surface area contributed by atoms with E-state index in [1.165, 1.54) is 4.90 Å². The Kier molecular flexibility index (Phi) is 4.53. The number of hydrogen-bond donors (Lipinski definition) is 1. The molecule has 1 fully saturated rings. The van der Waals surface area contributed by atoms with Crippen LogP contribution in [0.5, 0.6) is 5.75 Å². The minimum atomic E-state index is -1.39. The number of carbonyl (C=O) groups excluding carboxylic acids is 3. The molecule has 150 valence electrons. The normalized spacial score (nSPS) is 20.6. The van der Waals surface area contributed by atoms with Crippen molar-refractivity contribution in [2.75, 3.05) is 17.3 Å². The molecule has 3 amide bonds. The van der Waals surface area contributed by atoms with Crippen molar-refractivity contribution >= 4 is 29.1 Å². The largest absolute Gasteiger partial charge is 0.497 e. The Hall–Kier alpha value is -3.35. The first kappa shape index (κ1) is 19.0. The highest BCUT2D eigenvalue weighted by Gasteiger charge is 2.61. The first-order chi connectivity index (χ1) is 13.9. The molecule has 1 unspecified atom stereocenters. The van der Waals surface area contributed by atoms with Crippen molar-refractivity contribution in [1.29, 1.82) is 0 Å². The molecule has 0 aliphatic carbocycles. The van der Waals surface area contributed by atoms with Crippen LogP contribution in [-0.2, 0) is 9.59 Å². The third-order valence-electron chi connectivity index (χ3n) is 5.53. The molecular formula is C22H23N3O4. The summed E-state index contributed by atoms with van der Waals surface area (Å²) < 4.78 is 5.16. The SMILES string of the molecule is COc1ccc(NC(=O)C23CCC(=O)N2c2ccccc2C(=O)N3C(C)C)cc1. The van der Waals surface area contributed by atoms with Crippen molar-refractivity contribution in [3.63, 3.8) is 0 Å². The zero-order chi connectivity index (χ0) is 20.8. The Bertz CT molecular complexity index is 986. The van der Waals surface area contributed by atoms with Crippen LogP contribution >= 0.6 is 0 Å². The maximum atomic E-state index is 13.6. The van der Waals surface area contributed by atoms with Crippen molar-refractivity contribution in [1.82, 2.24) is 4.90 Å². The van der Waals surface area contributed by atoms with Gasteiger partial charge >= 0.3 is 0 Å². The van der Waals surface area contributed by atoms with E-state index < -0.39 is 11.6 Å². The number of nitrogens with one attached hydrogen (secondary N) is 1. The van der Waals surface area contributed by atoms with Gasteiger partial charge in [-0.3, -0.25) is 19.3 Å². The van der Waals surface area contributed by atoms with Gasteiger partial charge in [0, 0.05) is 24.6 Å². The summed E-state index contributed by atoms with van der Waals surface area (Å²) >= 11 is 0. The van der Waals surface area contributed by atoms with Gasteiger partial charge in [-0.25, -0.2) is 0 Å². The zero-order valence-electron chi connectivity index (χ0n) is 16.6. The van der Waals surface area contributed by atoms with Crippen LogP contribution in [0.1, 0.15) is 37.0 Å². The number of anilines is 2. The molecule has 0 bridgehead atoms. The highest BCUT2D eigenvalue weighted by molar-refractivity contribution is 6.18. The van der Waals surface area contributed by atoms with E-state index in [-0.39, 0.29) is 30.7 Å². The molecule has 4 rings (SSSR count). The van der Waals surface area contributed by atoms with Gasteiger partial charge in [0.2, 0.25) is 11.6 Å². The van der Waals surface area contributed by atoms with Crippen LogP contribution in [0.15, 0.2) is 48.5 Å². The number of nitrogens with zero attached hydrogens (tertiary/aromatic N) is 2. The Morgan fingerprint density at radius 1 is 1.10 bits per heavy atom. The average Bonchev–Trinajstić information content (AvgIpc) is 3.07. The van der Waals surface area contributed by atoms with Gasteiger partial charge in [0.05, 0.1) is 18.4 Å². The Morgan fingerprint density at radius 2 is 1.79 bits per heavy atom. The van der Waals surface area contributed by atoms with E-state index in [2.05, 4.69) is 5.32 Å². The van der Waals surface area contributed by atoms with Crippen molar-refractivity contribution in [3.8, 4) is 5.75 Å². The summed E-state index contributed by atoms with van der Waals surface area (Å²) in [7, 11) is 1.57. The summed E-state index contributed by atoms with van der Waals surface area (Å²) in [5.74, 6) is -0.138. The number of methoxy groups -OCH3 is 1. The van der Waals surface area contributed by atoms with Gasteiger partial charge in [-0.15, -0.1) is 0 Å². The lowest BCUT2D eigenvalue weighted by Crippen LogP contribution is -2.70. The number of amides is 3. The summed E-state index contributed by atoms with van der Waals surface area (Å²) in [5.41, 5.74) is 0.0990. The monoisotopic (exact) mass is 393 g/mol. The van der Waals surface area contributed by atoms with Crippen LogP contribution < -0.4 is 15.0 Å². The van der Waals surface area contributed by atoms with E-state index in [1.54, 1.807) is 60.5 Å². The van der Waals surface area contributed by atoms with Gasteiger partial charge in [-0.1, -0.05) is 12.1 Å². The van der Waals surface area contributed by atoms with Gasteiger partial charge in [0.15, 0.2) is 0 Å². The maximum absolute atomic E-state index is 13.6. The lowest BCUT2D eigenvalue weighted by molar-refractivity contribution is -0.129. The van der Waals surface area contributed by atoms with E-state index >= 15 is 0 Å². The number of para-hydroxylation sites is 1. The lowest BCUT2D eigenvalue weighted by atomic mass is 9.94. The topological polar surface area (TPSA) is 79.0 Å². The van der Waals surface area contributed by atoms with E-state index in [0.29, 0.717) is 22.7 Å². The Balaban J connectivity index is 1.81. The molecule has 2 aliphatic rings. The van der Waals surface area contributed by atoms with Gasteiger partial charge in [0.25, 0.3) is 11.8 Å². The van der Waals surface area contributed by atoms with Crippen molar-refractivity contribution in [2.24, 2.45) is 0 Å². The average molecular weight is 393 g/mol. The molecule has 2 aromatic carbocycles. The quantitative estimate of drug-likeness (QED) is 0.866. The van der Waals surface area contributed by atoms with Crippen LogP contribution in [0, 0.1) is 0 Å². The molecule has 29 heavy (non-hydrogen) atoms. The molecule has 0 aromatic heterocycles. The number of hydrogen-bond acceptors (Lipinski definition) is 4. The fourth-order valence-electron chi connectivity index (χ4n) is 4.31. The number of ether oxygens (including phenoxy) is 1. The Morgan fingerprint density at radius 3 is 2.45 bits per heavy atom. The number of fused-ring (bicyclic) bond motifs is 3. The minimum absolute atomic E-state index is 0.166. The van der Waals surface area contributed by atoms with Gasteiger partial charge < -0.3 is 15.0 Å². The first-order valence-corrected chi connectivity index (χ1v) is 9.61. The molecule has 0 radical (unpaired) electrons. The first-order valence-electron chi connectivity index (χ1n) is 9.61. The zero-order valence-corrected chi connectivity index (χ0v) is 16.6. The summed E-state index contributed by atoms with van der Waals surface area (Å²) in [4.78, 5) is 42.9. The molecule has 0 saturated carbocycles. The molecular weight excluding hydrogens is 370 g/mol. The fourth-order valence-corrected chi connectivity index (χ4v) is 4.31. The smallest absolute Gasteiger partial charge is 0.271 e. The molecule has 0 spiro atoms. The third kappa shape index (κ3) is 2.76. The van der Waals surface area contributed by atoms with E-state index in [4.69, 9.17) is 4.74 Å². The molecule has 7 heteroatoms. The second-order valence-electron chi connectivity index (χ2n) is 7.51. The predicted octanol–water partition coefficient (Wildman–Crippen LogP) is 3.02. The summed E-state index contributed by atoms with van der Waals surface area (Å²) in [5, 5.41) is 2.90. The summed E-state index contributed by atoms with van der Waals surface area (Å²) in [6.07, 6.45) is 0.437. The predicted molar refractivity (Wildman–Crippen MR) is 109 cm³/mol. The van der Waals surface area contributed by atoms with Crippen LogP contribution in [0.3, 0.4) is 0 Å². The van der Waals surface area contributed by atoms with Crippen LogP contribution in [0.4, 0.5) is 11.4 Å². The number of rotatable bonds is 4. The standard InChI is InChI=1S/C22H23N3O4/c1-14(2)24-20(27)17-6-4-5-7-18(17)25-19(26)12-13-22(24,25)21(28)23-15-8-10-16(29-3)11-9-15/h4-11,14H,12-13H2,1-3H3,(H,23,28). The second kappa shape index (κ2) is 6.92. The molecule has 2 heterocycles. The van der Waals surface area contributed by atoms with Crippen molar-refractivity contribution in [3.05, 3.63) is 54.1 Å². The van der Waals surface area contributed by atoms with Crippen LogP contribution in [0.25, 0.3) is 0 Å². The molecule has 2 aromatic rings. The lowest BCUT2D eigenvalue weighted by Gasteiger charge is -2.50. The molecule has 1 atom stereocenters. The van der Waals surface area contributed by atoms with Crippen molar-refractivity contribution in [2.45, 2.75) is 38.4 Å². The molecule has 1 saturated heterocycles. The summed E-state index contributed by atoms with van der Waals surface area (Å²) in [6, 6.07) is 13.6. The molecule has 1 N–H and O–H groups in total. The van der Waals surface area contributed by atoms with E-state index in [9.17, 15) is 14.4 Å². The van der Waals surface area contributed by atoms with Crippen molar-refractivity contribution < 1.29 is 19.1 Å².